The van der Waals surface area contributed by atoms with Crippen LogP contribution in [0.3, 0.4) is 0 Å². The maximum atomic E-state index is 12.0. The molecule has 0 saturated heterocycles. The van der Waals surface area contributed by atoms with Crippen LogP contribution in [0.15, 0.2) is 24.3 Å². The summed E-state index contributed by atoms with van der Waals surface area (Å²) in [7, 11) is 0. The molecule has 0 aliphatic carbocycles. The van der Waals surface area contributed by atoms with E-state index >= 15 is 0 Å². The van der Waals surface area contributed by atoms with Crippen molar-refractivity contribution in [3.63, 3.8) is 0 Å². The van der Waals surface area contributed by atoms with Crippen molar-refractivity contribution in [3.8, 4) is 0 Å². The van der Waals surface area contributed by atoms with Gasteiger partial charge < -0.3 is 15.8 Å². The Labute approximate surface area is 109 Å². The van der Waals surface area contributed by atoms with Gasteiger partial charge in [0.15, 0.2) is 0 Å². The van der Waals surface area contributed by atoms with E-state index in [2.05, 4.69) is 5.32 Å². The lowest BCUT2D eigenvalue weighted by Crippen LogP contribution is -2.29. The van der Waals surface area contributed by atoms with Crippen molar-refractivity contribution in [2.45, 2.75) is 26.9 Å². The Bertz CT molecular complexity index is 376. The minimum atomic E-state index is -0.134. The molecule has 3 N–H and O–H groups in total. The number of hydrogen-bond acceptors (Lipinski definition) is 3. The number of ether oxygens (including phenoxy) is 1. The quantitative estimate of drug-likeness (QED) is 0.779. The lowest BCUT2D eigenvalue weighted by Gasteiger charge is -2.15. The summed E-state index contributed by atoms with van der Waals surface area (Å²) >= 11 is 0. The molecule has 4 nitrogen and oxygen atoms in total. The molecule has 0 radical (unpaired) electrons. The van der Waals surface area contributed by atoms with E-state index in [0.717, 1.165) is 17.7 Å². The van der Waals surface area contributed by atoms with E-state index < -0.39 is 0 Å². The van der Waals surface area contributed by atoms with Gasteiger partial charge in [-0.25, -0.2) is 0 Å². The summed E-state index contributed by atoms with van der Waals surface area (Å²) in [6.45, 7) is 5.44. The van der Waals surface area contributed by atoms with Gasteiger partial charge in [0.2, 0.25) is 5.91 Å². The monoisotopic (exact) mass is 250 g/mol. The summed E-state index contributed by atoms with van der Waals surface area (Å²) in [5.74, 6) is -0.158. The number of carbonyl (C=O) groups excluding carboxylic acids is 1. The molecule has 0 fully saturated rings. The van der Waals surface area contributed by atoms with Crippen LogP contribution in [0.2, 0.25) is 0 Å². The molecule has 1 rings (SSSR count). The van der Waals surface area contributed by atoms with Crippen molar-refractivity contribution in [3.05, 3.63) is 29.8 Å². The van der Waals surface area contributed by atoms with E-state index in [0.29, 0.717) is 19.8 Å². The number of amides is 1. The smallest absolute Gasteiger partial charge is 0.228 e. The van der Waals surface area contributed by atoms with Crippen molar-refractivity contribution in [2.75, 3.05) is 18.5 Å². The first-order valence-corrected chi connectivity index (χ1v) is 6.39. The molecule has 0 aliphatic heterocycles. The summed E-state index contributed by atoms with van der Waals surface area (Å²) in [6, 6.07) is 7.67. The Balaban J connectivity index is 2.73. The van der Waals surface area contributed by atoms with Crippen LogP contribution in [0.4, 0.5) is 5.69 Å². The number of nitrogens with one attached hydrogen (secondary N) is 1. The van der Waals surface area contributed by atoms with Gasteiger partial charge in [-0.05, 0) is 19.4 Å². The molecular formula is C14H22N2O2. The van der Waals surface area contributed by atoms with Crippen LogP contribution in [0.5, 0.6) is 0 Å². The van der Waals surface area contributed by atoms with Gasteiger partial charge >= 0.3 is 0 Å². The minimum Gasteiger partial charge on any atom is -0.377 e. The van der Waals surface area contributed by atoms with Crippen molar-refractivity contribution >= 4 is 11.6 Å². The second kappa shape index (κ2) is 7.84. The maximum absolute atomic E-state index is 12.0. The third-order valence-corrected chi connectivity index (χ3v) is 2.89. The molecule has 1 aromatic carbocycles. The summed E-state index contributed by atoms with van der Waals surface area (Å²) in [5.41, 5.74) is 7.36. The van der Waals surface area contributed by atoms with E-state index in [1.54, 1.807) is 0 Å². The van der Waals surface area contributed by atoms with Crippen LogP contribution in [-0.2, 0) is 16.1 Å². The molecule has 0 aromatic heterocycles. The minimum absolute atomic E-state index is 0.0241. The van der Waals surface area contributed by atoms with E-state index in [-0.39, 0.29) is 11.8 Å². The Kier molecular flexibility index (Phi) is 6.39. The number of rotatable bonds is 7. The highest BCUT2D eigenvalue weighted by atomic mass is 16.5. The molecule has 0 saturated carbocycles. The lowest BCUT2D eigenvalue weighted by molar-refractivity contribution is -0.119. The number of benzene rings is 1. The van der Waals surface area contributed by atoms with Gasteiger partial charge in [-0.2, -0.15) is 0 Å². The number of nitrogens with two attached hydrogens (primary N) is 1. The van der Waals surface area contributed by atoms with E-state index in [1.165, 1.54) is 0 Å². The lowest BCUT2D eigenvalue weighted by atomic mass is 10.1. The Morgan fingerprint density at radius 1 is 1.39 bits per heavy atom. The second-order valence-electron chi connectivity index (χ2n) is 4.12. The summed E-state index contributed by atoms with van der Waals surface area (Å²) in [4.78, 5) is 12.0. The first-order valence-electron chi connectivity index (χ1n) is 6.39. The maximum Gasteiger partial charge on any atom is 0.228 e. The Morgan fingerprint density at radius 2 is 2.11 bits per heavy atom. The standard InChI is InChI=1S/C14H22N2O2/c1-3-11(9-15)14(17)16-13-8-6-5-7-12(13)10-18-4-2/h5-8,11H,3-4,9-10,15H2,1-2H3,(H,16,17). The topological polar surface area (TPSA) is 64.3 Å². The van der Waals surface area contributed by atoms with Crippen molar-refractivity contribution in [2.24, 2.45) is 11.7 Å². The van der Waals surface area contributed by atoms with Crippen LogP contribution >= 0.6 is 0 Å². The first-order chi connectivity index (χ1) is 8.72. The predicted octanol–water partition coefficient (Wildman–Crippen LogP) is 2.15. The zero-order chi connectivity index (χ0) is 13.4. The van der Waals surface area contributed by atoms with Gasteiger partial charge in [-0.1, -0.05) is 25.1 Å². The molecule has 0 spiro atoms. The van der Waals surface area contributed by atoms with Crippen LogP contribution in [-0.4, -0.2) is 19.1 Å². The number of anilines is 1. The van der Waals surface area contributed by atoms with Crippen LogP contribution in [0, 0.1) is 5.92 Å². The largest absolute Gasteiger partial charge is 0.377 e. The van der Waals surface area contributed by atoms with Crippen molar-refractivity contribution in [1.82, 2.24) is 0 Å². The highest BCUT2D eigenvalue weighted by molar-refractivity contribution is 5.93. The predicted molar refractivity (Wildman–Crippen MR) is 73.2 cm³/mol. The molecule has 100 valence electrons. The highest BCUT2D eigenvalue weighted by Gasteiger charge is 2.15. The summed E-state index contributed by atoms with van der Waals surface area (Å²) < 4.78 is 5.38. The first kappa shape index (κ1) is 14.7. The fraction of sp³-hybridized carbons (Fsp3) is 0.500. The fourth-order valence-corrected chi connectivity index (χ4v) is 1.67. The zero-order valence-corrected chi connectivity index (χ0v) is 11.1. The van der Waals surface area contributed by atoms with E-state index in [9.17, 15) is 4.79 Å². The van der Waals surface area contributed by atoms with Crippen LogP contribution in [0.1, 0.15) is 25.8 Å². The van der Waals surface area contributed by atoms with E-state index in [4.69, 9.17) is 10.5 Å². The van der Waals surface area contributed by atoms with Gasteiger partial charge in [0.1, 0.15) is 0 Å². The number of hydrogen-bond donors (Lipinski definition) is 2. The normalized spacial score (nSPS) is 12.2. The molecule has 4 heteroatoms. The van der Waals surface area contributed by atoms with Crippen LogP contribution < -0.4 is 11.1 Å². The van der Waals surface area contributed by atoms with Crippen LogP contribution in [0.25, 0.3) is 0 Å². The summed E-state index contributed by atoms with van der Waals surface area (Å²) in [6.07, 6.45) is 0.746. The second-order valence-corrected chi connectivity index (χ2v) is 4.12. The van der Waals surface area contributed by atoms with Gasteiger partial charge in [0.05, 0.1) is 12.5 Å². The van der Waals surface area contributed by atoms with Crippen molar-refractivity contribution in [1.29, 1.82) is 0 Å². The highest BCUT2D eigenvalue weighted by Crippen LogP contribution is 2.17. The fourth-order valence-electron chi connectivity index (χ4n) is 1.67. The van der Waals surface area contributed by atoms with Gasteiger partial charge in [-0.15, -0.1) is 0 Å². The molecule has 1 amide bonds. The zero-order valence-electron chi connectivity index (χ0n) is 11.1. The molecule has 18 heavy (non-hydrogen) atoms. The SMILES string of the molecule is CCOCc1ccccc1NC(=O)C(CC)CN. The van der Waals surface area contributed by atoms with Crippen molar-refractivity contribution < 1.29 is 9.53 Å². The van der Waals surface area contributed by atoms with E-state index in [1.807, 2.05) is 38.1 Å². The molecule has 0 aliphatic rings. The Hall–Kier alpha value is -1.39. The Morgan fingerprint density at radius 3 is 2.72 bits per heavy atom. The summed E-state index contributed by atoms with van der Waals surface area (Å²) in [5, 5.41) is 2.92. The molecule has 0 heterocycles. The third-order valence-electron chi connectivity index (χ3n) is 2.89. The average molecular weight is 250 g/mol. The average Bonchev–Trinajstić information content (AvgIpc) is 2.39. The number of para-hydroxylation sites is 1. The molecular weight excluding hydrogens is 228 g/mol. The third kappa shape index (κ3) is 4.13. The van der Waals surface area contributed by atoms with Gasteiger partial charge in [0.25, 0.3) is 0 Å². The molecule has 1 aromatic rings. The van der Waals surface area contributed by atoms with Gasteiger partial charge in [-0.3, -0.25) is 4.79 Å². The molecule has 1 atom stereocenters. The number of carbonyl (C=O) groups is 1. The molecule has 1 unspecified atom stereocenters. The molecule has 0 bridgehead atoms. The van der Waals surface area contributed by atoms with Gasteiger partial charge in [0, 0.05) is 24.4 Å².